The van der Waals surface area contributed by atoms with Gasteiger partial charge in [0.25, 0.3) is 5.89 Å². The predicted octanol–water partition coefficient (Wildman–Crippen LogP) is 2.81. The Labute approximate surface area is 162 Å². The minimum Gasteiger partial charge on any atom is -0.460 e. The maximum Gasteiger partial charge on any atom is 0.338 e. The normalized spacial score (nSPS) is 10.8. The standard InChI is InChI=1S/C20H21N3O5/c1-25-9-10-26-11-12-27-20(24)15-6-4-5-14(13-15)18-22-19(28-23-18)16-7-2-3-8-17(16)21/h2-8,13H,9-12,21H2,1H3. The van der Waals surface area contributed by atoms with Gasteiger partial charge in [0.2, 0.25) is 5.82 Å². The van der Waals surface area contributed by atoms with Gasteiger partial charge in [-0.2, -0.15) is 4.98 Å². The highest BCUT2D eigenvalue weighted by molar-refractivity contribution is 5.90. The van der Waals surface area contributed by atoms with E-state index in [1.807, 2.05) is 12.1 Å². The van der Waals surface area contributed by atoms with Crippen molar-refractivity contribution in [3.8, 4) is 22.8 Å². The average molecular weight is 383 g/mol. The third kappa shape index (κ3) is 4.93. The minimum atomic E-state index is -0.451. The Kier molecular flexibility index (Phi) is 6.72. The first-order valence-electron chi connectivity index (χ1n) is 8.72. The molecule has 2 N–H and O–H groups in total. The summed E-state index contributed by atoms with van der Waals surface area (Å²) in [4.78, 5) is 16.6. The number of carbonyl (C=O) groups is 1. The molecule has 0 saturated heterocycles. The lowest BCUT2D eigenvalue weighted by Crippen LogP contribution is -2.12. The molecule has 2 aromatic carbocycles. The highest BCUT2D eigenvalue weighted by atomic mass is 16.6. The largest absolute Gasteiger partial charge is 0.460 e. The molecule has 0 amide bonds. The van der Waals surface area contributed by atoms with E-state index in [-0.39, 0.29) is 6.61 Å². The number of nitrogens with zero attached hydrogens (tertiary/aromatic N) is 2. The summed E-state index contributed by atoms with van der Waals surface area (Å²) in [7, 11) is 1.60. The van der Waals surface area contributed by atoms with Crippen LogP contribution in [0.3, 0.4) is 0 Å². The molecule has 8 heteroatoms. The third-order valence-electron chi connectivity index (χ3n) is 3.87. The van der Waals surface area contributed by atoms with Gasteiger partial charge in [0.15, 0.2) is 0 Å². The second-order valence-corrected chi connectivity index (χ2v) is 5.83. The molecule has 0 atom stereocenters. The van der Waals surface area contributed by atoms with Crippen molar-refractivity contribution in [2.24, 2.45) is 0 Å². The van der Waals surface area contributed by atoms with Crippen molar-refractivity contribution in [1.82, 2.24) is 10.1 Å². The molecule has 8 nitrogen and oxygen atoms in total. The Balaban J connectivity index is 1.65. The molecule has 0 aliphatic rings. The van der Waals surface area contributed by atoms with Crippen LogP contribution >= 0.6 is 0 Å². The quantitative estimate of drug-likeness (QED) is 0.341. The lowest BCUT2D eigenvalue weighted by molar-refractivity contribution is 0.0214. The van der Waals surface area contributed by atoms with E-state index < -0.39 is 5.97 Å². The van der Waals surface area contributed by atoms with Crippen molar-refractivity contribution < 1.29 is 23.5 Å². The molecular weight excluding hydrogens is 362 g/mol. The molecule has 0 bridgehead atoms. The molecule has 0 aliphatic carbocycles. The van der Waals surface area contributed by atoms with E-state index in [1.54, 1.807) is 43.5 Å². The fourth-order valence-corrected chi connectivity index (χ4v) is 2.45. The van der Waals surface area contributed by atoms with Crippen LogP contribution < -0.4 is 5.73 Å². The second kappa shape index (κ2) is 9.63. The minimum absolute atomic E-state index is 0.159. The molecule has 1 aromatic heterocycles. The Hall–Kier alpha value is -3.23. The summed E-state index contributed by atoms with van der Waals surface area (Å²) in [6.45, 7) is 1.42. The molecule has 0 unspecified atom stereocenters. The molecule has 0 saturated carbocycles. The molecule has 3 aromatic rings. The highest BCUT2D eigenvalue weighted by Gasteiger charge is 2.14. The van der Waals surface area contributed by atoms with Crippen molar-refractivity contribution in [2.45, 2.75) is 0 Å². The fourth-order valence-electron chi connectivity index (χ4n) is 2.45. The summed E-state index contributed by atoms with van der Waals surface area (Å²) >= 11 is 0. The average Bonchev–Trinajstić information content (AvgIpc) is 3.21. The van der Waals surface area contributed by atoms with Gasteiger partial charge in [-0.15, -0.1) is 0 Å². The molecular formula is C20H21N3O5. The fraction of sp³-hybridized carbons (Fsp3) is 0.250. The lowest BCUT2D eigenvalue weighted by Gasteiger charge is -2.06. The second-order valence-electron chi connectivity index (χ2n) is 5.83. The van der Waals surface area contributed by atoms with E-state index in [1.165, 1.54) is 0 Å². The zero-order chi connectivity index (χ0) is 19.8. The van der Waals surface area contributed by atoms with Gasteiger partial charge < -0.3 is 24.5 Å². The number of anilines is 1. The number of esters is 1. The Morgan fingerprint density at radius 3 is 2.71 bits per heavy atom. The number of benzene rings is 2. The van der Waals surface area contributed by atoms with Gasteiger partial charge in [0.1, 0.15) is 6.61 Å². The summed E-state index contributed by atoms with van der Waals surface area (Å²) < 4.78 is 20.7. The Bertz CT molecular complexity index is 925. The zero-order valence-electron chi connectivity index (χ0n) is 15.5. The number of nitrogen functional groups attached to an aromatic ring is 1. The number of para-hydroxylation sites is 1. The number of methoxy groups -OCH3 is 1. The monoisotopic (exact) mass is 383 g/mol. The first-order valence-corrected chi connectivity index (χ1v) is 8.72. The summed E-state index contributed by atoms with van der Waals surface area (Å²) in [6.07, 6.45) is 0. The number of hydrogen-bond acceptors (Lipinski definition) is 8. The molecule has 28 heavy (non-hydrogen) atoms. The van der Waals surface area contributed by atoms with Gasteiger partial charge in [-0.05, 0) is 24.3 Å². The van der Waals surface area contributed by atoms with Gasteiger partial charge in [-0.1, -0.05) is 29.4 Å². The smallest absolute Gasteiger partial charge is 0.338 e. The van der Waals surface area contributed by atoms with Crippen LogP contribution in [0.15, 0.2) is 53.1 Å². The molecule has 0 radical (unpaired) electrons. The van der Waals surface area contributed by atoms with E-state index in [4.69, 9.17) is 24.5 Å². The number of hydrogen-bond donors (Lipinski definition) is 1. The summed E-state index contributed by atoms with van der Waals surface area (Å²) in [5.41, 5.74) is 8.17. The predicted molar refractivity (Wildman–Crippen MR) is 103 cm³/mol. The third-order valence-corrected chi connectivity index (χ3v) is 3.87. The summed E-state index contributed by atoms with van der Waals surface area (Å²) in [5.74, 6) is 0.221. The van der Waals surface area contributed by atoms with Gasteiger partial charge in [0, 0.05) is 18.4 Å². The molecule has 1 heterocycles. The Morgan fingerprint density at radius 1 is 1.07 bits per heavy atom. The van der Waals surface area contributed by atoms with Crippen molar-refractivity contribution in [2.75, 3.05) is 39.3 Å². The van der Waals surface area contributed by atoms with Crippen LogP contribution in [0.5, 0.6) is 0 Å². The number of ether oxygens (including phenoxy) is 3. The number of rotatable bonds is 9. The SMILES string of the molecule is COCCOCCOC(=O)c1cccc(-c2noc(-c3ccccc3N)n2)c1. The van der Waals surface area contributed by atoms with Gasteiger partial charge in [-0.25, -0.2) is 4.79 Å². The van der Waals surface area contributed by atoms with E-state index in [9.17, 15) is 4.79 Å². The van der Waals surface area contributed by atoms with Gasteiger partial charge in [0.05, 0.1) is 30.9 Å². The molecule has 3 rings (SSSR count). The summed E-state index contributed by atoms with van der Waals surface area (Å²) in [6, 6.07) is 14.1. The zero-order valence-corrected chi connectivity index (χ0v) is 15.5. The number of nitrogens with two attached hydrogens (primary N) is 1. The highest BCUT2D eigenvalue weighted by Crippen LogP contribution is 2.26. The maximum atomic E-state index is 12.2. The van der Waals surface area contributed by atoms with Crippen LogP contribution in [-0.2, 0) is 14.2 Å². The maximum absolute atomic E-state index is 12.2. The lowest BCUT2D eigenvalue weighted by atomic mass is 10.1. The Morgan fingerprint density at radius 2 is 1.89 bits per heavy atom. The van der Waals surface area contributed by atoms with Crippen molar-refractivity contribution in [1.29, 1.82) is 0 Å². The first-order chi connectivity index (χ1) is 13.7. The van der Waals surface area contributed by atoms with Crippen LogP contribution in [0.4, 0.5) is 5.69 Å². The van der Waals surface area contributed by atoms with Crippen LogP contribution in [0.25, 0.3) is 22.8 Å². The van der Waals surface area contributed by atoms with E-state index in [0.717, 1.165) is 0 Å². The van der Waals surface area contributed by atoms with Crippen LogP contribution in [0, 0.1) is 0 Å². The summed E-state index contributed by atoms with van der Waals surface area (Å²) in [5, 5.41) is 3.98. The molecule has 0 spiro atoms. The van der Waals surface area contributed by atoms with E-state index >= 15 is 0 Å². The first kappa shape index (κ1) is 19.5. The molecule has 0 aliphatic heterocycles. The van der Waals surface area contributed by atoms with Crippen molar-refractivity contribution >= 4 is 11.7 Å². The van der Waals surface area contributed by atoms with Gasteiger partial charge >= 0.3 is 5.97 Å². The number of aromatic nitrogens is 2. The molecule has 146 valence electrons. The molecule has 0 fully saturated rings. The van der Waals surface area contributed by atoms with E-state index in [0.29, 0.717) is 53.9 Å². The van der Waals surface area contributed by atoms with Gasteiger partial charge in [-0.3, -0.25) is 0 Å². The van der Waals surface area contributed by atoms with Crippen LogP contribution in [0.1, 0.15) is 10.4 Å². The van der Waals surface area contributed by atoms with E-state index in [2.05, 4.69) is 10.1 Å². The van der Waals surface area contributed by atoms with Crippen LogP contribution in [-0.4, -0.2) is 49.6 Å². The topological polar surface area (TPSA) is 110 Å². The van der Waals surface area contributed by atoms with Crippen molar-refractivity contribution in [3.63, 3.8) is 0 Å². The van der Waals surface area contributed by atoms with Crippen LogP contribution in [0.2, 0.25) is 0 Å². The van der Waals surface area contributed by atoms with Crippen molar-refractivity contribution in [3.05, 3.63) is 54.1 Å². The number of carbonyl (C=O) groups excluding carboxylic acids is 1.